The number of hydrogen-bond acceptors (Lipinski definition) is 4. The lowest BCUT2D eigenvalue weighted by molar-refractivity contribution is -0.123. The first-order valence-corrected chi connectivity index (χ1v) is 10.8. The number of nitrogens with one attached hydrogen (secondary N) is 1. The zero-order chi connectivity index (χ0) is 19.4. The second kappa shape index (κ2) is 8.80. The minimum absolute atomic E-state index is 0.194. The quantitative estimate of drug-likeness (QED) is 0.815. The number of nitrogens with zero attached hydrogens (tertiary/aromatic N) is 2. The van der Waals surface area contributed by atoms with Gasteiger partial charge in [-0.05, 0) is 65.2 Å². The van der Waals surface area contributed by atoms with Crippen LogP contribution in [0.5, 0.6) is 0 Å². The van der Waals surface area contributed by atoms with E-state index < -0.39 is 5.60 Å². The van der Waals surface area contributed by atoms with Gasteiger partial charge in [-0.2, -0.15) is 0 Å². The molecule has 1 N–H and O–H groups in total. The van der Waals surface area contributed by atoms with Crippen molar-refractivity contribution >= 4 is 12.0 Å². The van der Waals surface area contributed by atoms with Crippen molar-refractivity contribution in [2.45, 2.75) is 89.8 Å². The molecule has 0 aromatic rings. The predicted octanol–water partition coefficient (Wildman–Crippen LogP) is 3.16. The van der Waals surface area contributed by atoms with Gasteiger partial charge in [0.25, 0.3) is 0 Å². The van der Waals surface area contributed by atoms with E-state index in [1.807, 2.05) is 25.7 Å². The van der Waals surface area contributed by atoms with Gasteiger partial charge in [0.05, 0.1) is 0 Å². The summed E-state index contributed by atoms with van der Waals surface area (Å²) in [6.07, 6.45) is 8.73. The Hall–Kier alpha value is -1.30. The smallest absolute Gasteiger partial charge is 0.410 e. The van der Waals surface area contributed by atoms with Crippen LogP contribution < -0.4 is 5.32 Å². The van der Waals surface area contributed by atoms with Gasteiger partial charge in [-0.15, -0.1) is 0 Å². The van der Waals surface area contributed by atoms with Crippen LogP contribution in [0.25, 0.3) is 0 Å². The third-order valence-electron chi connectivity index (χ3n) is 6.24. The predicted molar refractivity (Wildman–Crippen MR) is 106 cm³/mol. The van der Waals surface area contributed by atoms with Crippen LogP contribution in [0.2, 0.25) is 0 Å². The molecule has 154 valence electrons. The van der Waals surface area contributed by atoms with Crippen molar-refractivity contribution in [3.05, 3.63) is 0 Å². The van der Waals surface area contributed by atoms with E-state index in [-0.39, 0.29) is 12.0 Å². The Morgan fingerprint density at radius 2 is 1.59 bits per heavy atom. The van der Waals surface area contributed by atoms with Crippen molar-refractivity contribution in [3.63, 3.8) is 0 Å². The highest BCUT2D eigenvalue weighted by molar-refractivity contribution is 5.76. The van der Waals surface area contributed by atoms with Gasteiger partial charge in [-0.1, -0.05) is 6.42 Å². The molecule has 1 aliphatic heterocycles. The van der Waals surface area contributed by atoms with Crippen molar-refractivity contribution in [2.75, 3.05) is 26.2 Å². The lowest BCUT2D eigenvalue weighted by Crippen LogP contribution is -2.54. The molecule has 3 rings (SSSR count). The Morgan fingerprint density at radius 1 is 0.963 bits per heavy atom. The molecule has 2 saturated carbocycles. The number of piperazine rings is 1. The fourth-order valence-electron chi connectivity index (χ4n) is 4.43. The zero-order valence-electron chi connectivity index (χ0n) is 17.3. The minimum atomic E-state index is -0.435. The summed E-state index contributed by atoms with van der Waals surface area (Å²) in [7, 11) is 0. The third kappa shape index (κ3) is 6.09. The Kier molecular flexibility index (Phi) is 6.66. The van der Waals surface area contributed by atoms with E-state index in [0.717, 1.165) is 58.3 Å². The molecule has 2 aliphatic carbocycles. The molecule has 0 radical (unpaired) electrons. The van der Waals surface area contributed by atoms with Crippen molar-refractivity contribution in [3.8, 4) is 0 Å². The lowest BCUT2D eigenvalue weighted by Gasteiger charge is -2.42. The van der Waals surface area contributed by atoms with E-state index in [2.05, 4.69) is 10.2 Å². The molecule has 1 heterocycles. The van der Waals surface area contributed by atoms with Gasteiger partial charge in [0.2, 0.25) is 5.91 Å². The van der Waals surface area contributed by atoms with Crippen LogP contribution in [0.15, 0.2) is 0 Å². The number of carbonyl (C=O) groups excluding carboxylic acids is 2. The first-order valence-electron chi connectivity index (χ1n) is 10.8. The van der Waals surface area contributed by atoms with Gasteiger partial charge in [-0.25, -0.2) is 4.79 Å². The molecule has 3 aliphatic rings. The molecule has 0 aromatic heterocycles. The highest BCUT2D eigenvalue weighted by Gasteiger charge is 2.31. The van der Waals surface area contributed by atoms with Crippen LogP contribution in [0.1, 0.15) is 72.1 Å². The van der Waals surface area contributed by atoms with E-state index in [9.17, 15) is 9.59 Å². The Bertz CT molecular complexity index is 511. The monoisotopic (exact) mass is 379 g/mol. The minimum Gasteiger partial charge on any atom is -0.444 e. The Morgan fingerprint density at radius 3 is 2.11 bits per heavy atom. The van der Waals surface area contributed by atoms with Gasteiger partial charge in [-0.3, -0.25) is 9.69 Å². The van der Waals surface area contributed by atoms with Crippen molar-refractivity contribution in [1.29, 1.82) is 0 Å². The lowest BCUT2D eigenvalue weighted by atomic mass is 9.82. The van der Waals surface area contributed by atoms with Gasteiger partial charge < -0.3 is 15.0 Å². The maximum Gasteiger partial charge on any atom is 0.410 e. The molecular formula is C21H37N3O3. The van der Waals surface area contributed by atoms with E-state index in [1.54, 1.807) is 0 Å². The van der Waals surface area contributed by atoms with Crippen LogP contribution in [-0.4, -0.2) is 65.7 Å². The molecule has 2 amide bonds. The average molecular weight is 380 g/mol. The fraction of sp³-hybridized carbons (Fsp3) is 0.905. The second-order valence-corrected chi connectivity index (χ2v) is 9.58. The summed E-state index contributed by atoms with van der Waals surface area (Å²) in [6, 6.07) is 0.947. The second-order valence-electron chi connectivity index (χ2n) is 9.58. The standard InChI is InChI=1S/C21H37N3O3/c1-21(2,3)27-20(26)24-13-11-23(12-14-24)18-9-7-17(8-10-18)22-19(25)15-16-5-4-6-16/h16-18H,4-15H2,1-3H3,(H,22,25). The van der Waals surface area contributed by atoms with Gasteiger partial charge >= 0.3 is 6.09 Å². The number of carbonyl (C=O) groups is 2. The highest BCUT2D eigenvalue weighted by Crippen LogP contribution is 2.30. The number of amides is 2. The molecule has 0 atom stereocenters. The van der Waals surface area contributed by atoms with Crippen LogP contribution in [0.3, 0.4) is 0 Å². The summed E-state index contributed by atoms with van der Waals surface area (Å²) in [5, 5.41) is 3.26. The molecule has 0 bridgehead atoms. The summed E-state index contributed by atoms with van der Waals surface area (Å²) in [4.78, 5) is 28.7. The summed E-state index contributed by atoms with van der Waals surface area (Å²) in [6.45, 7) is 9.05. The number of ether oxygens (including phenoxy) is 1. The molecule has 6 heteroatoms. The zero-order valence-corrected chi connectivity index (χ0v) is 17.3. The highest BCUT2D eigenvalue weighted by atomic mass is 16.6. The SMILES string of the molecule is CC(C)(C)OC(=O)N1CCN(C2CCC(NC(=O)CC3CCC3)CC2)CC1. The molecule has 0 spiro atoms. The van der Waals surface area contributed by atoms with Gasteiger partial charge in [0.1, 0.15) is 5.60 Å². The van der Waals surface area contributed by atoms with E-state index in [1.165, 1.54) is 19.3 Å². The summed E-state index contributed by atoms with van der Waals surface area (Å²) < 4.78 is 5.48. The topological polar surface area (TPSA) is 61.9 Å². The van der Waals surface area contributed by atoms with E-state index in [4.69, 9.17) is 4.74 Å². The molecule has 1 saturated heterocycles. The van der Waals surface area contributed by atoms with Crippen molar-refractivity contribution in [1.82, 2.24) is 15.1 Å². The first-order chi connectivity index (χ1) is 12.8. The molecular weight excluding hydrogens is 342 g/mol. The van der Waals surface area contributed by atoms with Crippen LogP contribution >= 0.6 is 0 Å². The third-order valence-corrected chi connectivity index (χ3v) is 6.24. The maximum atomic E-state index is 12.2. The largest absolute Gasteiger partial charge is 0.444 e. The van der Waals surface area contributed by atoms with Crippen LogP contribution in [-0.2, 0) is 9.53 Å². The van der Waals surface area contributed by atoms with E-state index >= 15 is 0 Å². The molecule has 0 aromatic carbocycles. The van der Waals surface area contributed by atoms with Crippen LogP contribution in [0, 0.1) is 5.92 Å². The molecule has 27 heavy (non-hydrogen) atoms. The average Bonchev–Trinajstić information content (AvgIpc) is 2.58. The summed E-state index contributed by atoms with van der Waals surface area (Å²) >= 11 is 0. The molecule has 3 fully saturated rings. The van der Waals surface area contributed by atoms with Crippen molar-refractivity contribution < 1.29 is 14.3 Å². The van der Waals surface area contributed by atoms with Crippen LogP contribution in [0.4, 0.5) is 4.79 Å². The fourth-order valence-corrected chi connectivity index (χ4v) is 4.43. The molecule has 0 unspecified atom stereocenters. The summed E-state index contributed by atoms with van der Waals surface area (Å²) in [5.74, 6) is 0.900. The maximum absolute atomic E-state index is 12.2. The number of hydrogen-bond donors (Lipinski definition) is 1. The van der Waals surface area contributed by atoms with E-state index in [0.29, 0.717) is 18.0 Å². The van der Waals surface area contributed by atoms with Gasteiger partial charge in [0.15, 0.2) is 0 Å². The Balaban J connectivity index is 1.34. The number of rotatable bonds is 4. The normalized spacial score (nSPS) is 27.7. The Labute approximate surface area is 164 Å². The first kappa shape index (κ1) is 20.4. The van der Waals surface area contributed by atoms with Crippen molar-refractivity contribution in [2.24, 2.45) is 5.92 Å². The summed E-state index contributed by atoms with van der Waals surface area (Å²) in [5.41, 5.74) is -0.435. The molecule has 6 nitrogen and oxygen atoms in total. The van der Waals surface area contributed by atoms with Gasteiger partial charge in [0, 0.05) is 44.7 Å².